The van der Waals surface area contributed by atoms with Gasteiger partial charge in [-0.1, -0.05) is 10.3 Å². The number of hydrogen-bond acceptors (Lipinski definition) is 10. The van der Waals surface area contributed by atoms with Crippen LogP contribution in [0, 0.1) is 0 Å². The lowest BCUT2D eigenvalue weighted by Crippen LogP contribution is -2.07. The zero-order valence-electron chi connectivity index (χ0n) is 16.9. The molecule has 0 saturated carbocycles. The first-order chi connectivity index (χ1) is 15.2. The smallest absolute Gasteiger partial charge is 0.358 e. The van der Waals surface area contributed by atoms with Crippen molar-refractivity contribution in [3.05, 3.63) is 72.8 Å². The van der Waals surface area contributed by atoms with Crippen LogP contribution >= 0.6 is 0 Å². The first-order valence-corrected chi connectivity index (χ1v) is 11.7. The standard InChI is InChI=1S/C20H18N2O8S2/c1-27-17-7-11-19(12-8-17)31(23,24)29-21-15-3-5-16(6-4-15)22-30-32(25,26)20-13-9-18(28-2)10-14-20/h3-14H,1-2H3. The van der Waals surface area contributed by atoms with Gasteiger partial charge in [-0.05, 0) is 72.8 Å². The van der Waals surface area contributed by atoms with Crippen LogP contribution in [0.2, 0.25) is 0 Å². The van der Waals surface area contributed by atoms with E-state index >= 15 is 0 Å². The summed E-state index contributed by atoms with van der Waals surface area (Å²) in [5.41, 5.74) is 0.332. The van der Waals surface area contributed by atoms with Crippen molar-refractivity contribution in [1.82, 2.24) is 0 Å². The van der Waals surface area contributed by atoms with Gasteiger partial charge in [0.15, 0.2) is 0 Å². The van der Waals surface area contributed by atoms with Gasteiger partial charge in [-0.25, -0.2) is 0 Å². The Balaban J connectivity index is 1.63. The van der Waals surface area contributed by atoms with E-state index in [9.17, 15) is 16.8 Å². The summed E-state index contributed by atoms with van der Waals surface area (Å²) in [5.74, 6) is 0.993. The number of rotatable bonds is 8. The molecule has 1 aliphatic carbocycles. The third-order valence-electron chi connectivity index (χ3n) is 4.03. The van der Waals surface area contributed by atoms with Crippen LogP contribution in [0.15, 0.2) is 92.9 Å². The predicted octanol–water partition coefficient (Wildman–Crippen LogP) is 2.65. The first kappa shape index (κ1) is 23.0. The van der Waals surface area contributed by atoms with Crippen LogP contribution in [0.25, 0.3) is 0 Å². The van der Waals surface area contributed by atoms with Gasteiger partial charge in [-0.2, -0.15) is 16.8 Å². The highest BCUT2D eigenvalue weighted by Gasteiger charge is 2.17. The predicted molar refractivity (Wildman–Crippen MR) is 116 cm³/mol. The maximum Gasteiger partial charge on any atom is 0.358 e. The molecule has 0 aromatic heterocycles. The molecule has 0 amide bonds. The second kappa shape index (κ2) is 9.66. The molecule has 0 atom stereocenters. The van der Waals surface area contributed by atoms with E-state index in [4.69, 9.17) is 18.0 Å². The fourth-order valence-electron chi connectivity index (χ4n) is 2.33. The molecule has 0 unspecified atom stereocenters. The van der Waals surface area contributed by atoms with Crippen LogP contribution in [-0.2, 0) is 28.8 Å². The van der Waals surface area contributed by atoms with Crippen molar-refractivity contribution < 1.29 is 34.9 Å². The van der Waals surface area contributed by atoms with Crippen LogP contribution in [0.4, 0.5) is 0 Å². The number of benzene rings is 2. The van der Waals surface area contributed by atoms with E-state index in [1.807, 2.05) is 0 Å². The van der Waals surface area contributed by atoms with Gasteiger partial charge in [-0.3, -0.25) is 8.57 Å². The van der Waals surface area contributed by atoms with E-state index in [0.717, 1.165) is 0 Å². The van der Waals surface area contributed by atoms with Gasteiger partial charge >= 0.3 is 20.2 Å². The minimum Gasteiger partial charge on any atom is -0.497 e. The van der Waals surface area contributed by atoms with Crippen molar-refractivity contribution in [2.45, 2.75) is 9.79 Å². The second-order valence-electron chi connectivity index (χ2n) is 6.11. The first-order valence-electron chi connectivity index (χ1n) is 8.91. The highest BCUT2D eigenvalue weighted by atomic mass is 32.2. The highest BCUT2D eigenvalue weighted by molar-refractivity contribution is 7.87. The van der Waals surface area contributed by atoms with Crippen LogP contribution < -0.4 is 9.47 Å². The zero-order chi connectivity index (χ0) is 23.2. The maximum absolute atomic E-state index is 12.2. The molecule has 0 spiro atoms. The second-order valence-corrected chi connectivity index (χ2v) is 9.16. The molecule has 168 valence electrons. The lowest BCUT2D eigenvalue weighted by Gasteiger charge is -2.06. The molecule has 0 N–H and O–H groups in total. The van der Waals surface area contributed by atoms with Gasteiger partial charge in [0.05, 0.1) is 14.2 Å². The molecular weight excluding hydrogens is 460 g/mol. The average Bonchev–Trinajstić information content (AvgIpc) is 2.82. The lowest BCUT2D eigenvalue weighted by atomic mass is 10.1. The summed E-state index contributed by atoms with van der Waals surface area (Å²) >= 11 is 0. The van der Waals surface area contributed by atoms with Crippen molar-refractivity contribution >= 4 is 31.7 Å². The number of methoxy groups -OCH3 is 2. The Morgan fingerprint density at radius 1 is 0.562 bits per heavy atom. The van der Waals surface area contributed by atoms with Gasteiger partial charge in [0.1, 0.15) is 32.7 Å². The Bertz CT molecular complexity index is 1170. The molecule has 0 fully saturated rings. The topological polar surface area (TPSA) is 130 Å². The summed E-state index contributed by atoms with van der Waals surface area (Å²) in [4.78, 5) is -0.184. The zero-order valence-corrected chi connectivity index (χ0v) is 18.5. The highest BCUT2D eigenvalue weighted by Crippen LogP contribution is 2.19. The Morgan fingerprint density at radius 2 is 0.875 bits per heavy atom. The Kier molecular flexibility index (Phi) is 6.95. The summed E-state index contributed by atoms with van der Waals surface area (Å²) in [7, 11) is -5.31. The minimum absolute atomic E-state index is 0.0918. The van der Waals surface area contributed by atoms with Crippen LogP contribution in [-0.4, -0.2) is 42.5 Å². The molecule has 32 heavy (non-hydrogen) atoms. The van der Waals surface area contributed by atoms with Crippen molar-refractivity contribution in [3.63, 3.8) is 0 Å². The molecule has 3 rings (SSSR count). The van der Waals surface area contributed by atoms with Crippen molar-refractivity contribution in [3.8, 4) is 11.5 Å². The quantitative estimate of drug-likeness (QED) is 0.418. The Morgan fingerprint density at radius 3 is 1.16 bits per heavy atom. The Labute approximate surface area is 185 Å². The fourth-order valence-corrected chi connectivity index (χ4v) is 3.81. The van der Waals surface area contributed by atoms with E-state index in [2.05, 4.69) is 10.3 Å². The fraction of sp³-hybridized carbons (Fsp3) is 0.100. The molecule has 0 heterocycles. The summed E-state index contributed by atoms with van der Waals surface area (Å²) in [5, 5.41) is 7.16. The number of nitrogens with zero attached hydrogens (tertiary/aromatic N) is 2. The van der Waals surface area contributed by atoms with E-state index in [-0.39, 0.29) is 21.2 Å². The van der Waals surface area contributed by atoms with Gasteiger partial charge in [0, 0.05) is 0 Å². The van der Waals surface area contributed by atoms with Gasteiger partial charge in [0.2, 0.25) is 0 Å². The summed E-state index contributed by atoms with van der Waals surface area (Å²) < 4.78 is 68.1. The van der Waals surface area contributed by atoms with Crippen LogP contribution in [0.5, 0.6) is 11.5 Å². The molecule has 12 heteroatoms. The SMILES string of the molecule is COc1ccc(S(=O)(=O)ON=C2C=CC(=NOS(=O)(=O)c3ccc(OC)cc3)C=C2)cc1. The monoisotopic (exact) mass is 478 g/mol. The largest absolute Gasteiger partial charge is 0.497 e. The third-order valence-corrected chi connectivity index (χ3v) is 6.27. The molecule has 2 aromatic rings. The molecule has 0 radical (unpaired) electrons. The lowest BCUT2D eigenvalue weighted by molar-refractivity contribution is 0.338. The normalized spacial score (nSPS) is 13.4. The van der Waals surface area contributed by atoms with Crippen molar-refractivity contribution in [2.75, 3.05) is 14.2 Å². The molecular formula is C20H18N2O8S2. The van der Waals surface area contributed by atoms with Crippen molar-refractivity contribution in [2.24, 2.45) is 10.3 Å². The molecule has 0 aliphatic heterocycles. The summed E-state index contributed by atoms with van der Waals surface area (Å²) in [6, 6.07) is 11.2. The van der Waals surface area contributed by atoms with Gasteiger partial charge in [0.25, 0.3) is 0 Å². The number of ether oxygens (including phenoxy) is 2. The summed E-state index contributed by atoms with van der Waals surface area (Å²) in [6.45, 7) is 0. The van der Waals surface area contributed by atoms with Crippen LogP contribution in [0.3, 0.4) is 0 Å². The molecule has 1 aliphatic rings. The molecule has 0 saturated heterocycles. The van der Waals surface area contributed by atoms with Gasteiger partial charge in [-0.15, -0.1) is 0 Å². The van der Waals surface area contributed by atoms with Crippen LogP contribution in [0.1, 0.15) is 0 Å². The van der Waals surface area contributed by atoms with Gasteiger partial charge < -0.3 is 9.47 Å². The number of oxime groups is 2. The van der Waals surface area contributed by atoms with E-state index in [1.165, 1.54) is 87.1 Å². The maximum atomic E-state index is 12.2. The Hall–Kier alpha value is -3.64. The third kappa shape index (κ3) is 5.74. The van der Waals surface area contributed by atoms with E-state index < -0.39 is 20.2 Å². The van der Waals surface area contributed by atoms with Crippen molar-refractivity contribution in [1.29, 1.82) is 0 Å². The average molecular weight is 479 g/mol. The molecule has 2 aromatic carbocycles. The number of hydrogen-bond donors (Lipinski definition) is 0. The van der Waals surface area contributed by atoms with E-state index in [0.29, 0.717) is 11.5 Å². The minimum atomic E-state index is -4.12. The van der Waals surface area contributed by atoms with E-state index in [1.54, 1.807) is 0 Å². The summed E-state index contributed by atoms with van der Waals surface area (Å²) in [6.07, 6.45) is 5.52. The number of allylic oxidation sites excluding steroid dienone is 4. The molecule has 0 bridgehead atoms. The molecule has 10 nitrogen and oxygen atoms in total.